The molecule has 7 heteroatoms. The Morgan fingerprint density at radius 2 is 1.85 bits per heavy atom. The zero-order chi connectivity index (χ0) is 23.5. The Hall–Kier alpha value is -2.93. The number of carbonyl (C=O) groups is 2. The molecule has 7 nitrogen and oxygen atoms in total. The van der Waals surface area contributed by atoms with Crippen LogP contribution in [-0.2, 0) is 22.4 Å². The van der Waals surface area contributed by atoms with E-state index in [-0.39, 0.29) is 11.8 Å². The summed E-state index contributed by atoms with van der Waals surface area (Å²) in [4.78, 5) is 34.0. The molecule has 0 aliphatic carbocycles. The summed E-state index contributed by atoms with van der Waals surface area (Å²) in [5.74, 6) is 0.820. The van der Waals surface area contributed by atoms with Crippen LogP contribution in [0.4, 0.5) is 5.82 Å². The molecular weight excluding hydrogens is 428 g/mol. The van der Waals surface area contributed by atoms with Crippen molar-refractivity contribution in [2.45, 2.75) is 44.6 Å². The molecule has 5 rings (SSSR count). The summed E-state index contributed by atoms with van der Waals surface area (Å²) in [5.41, 5.74) is 3.23. The number of amides is 1. The van der Waals surface area contributed by atoms with Crippen molar-refractivity contribution in [1.82, 2.24) is 14.8 Å². The van der Waals surface area contributed by atoms with E-state index in [0.717, 1.165) is 68.8 Å². The first-order chi connectivity index (χ1) is 16.6. The number of pyridine rings is 1. The maximum absolute atomic E-state index is 13.2. The number of aliphatic carboxylic acids is 1. The number of likely N-dealkylation sites (tertiary alicyclic amines) is 2. The summed E-state index contributed by atoms with van der Waals surface area (Å²) < 4.78 is 0. The van der Waals surface area contributed by atoms with Crippen LogP contribution in [0.25, 0.3) is 0 Å². The lowest BCUT2D eigenvalue weighted by Crippen LogP contribution is -2.43. The van der Waals surface area contributed by atoms with E-state index in [9.17, 15) is 14.7 Å². The van der Waals surface area contributed by atoms with Gasteiger partial charge in [0.25, 0.3) is 0 Å². The van der Waals surface area contributed by atoms with Crippen LogP contribution < -0.4 is 5.32 Å². The average molecular weight is 463 g/mol. The van der Waals surface area contributed by atoms with Crippen molar-refractivity contribution in [1.29, 1.82) is 0 Å². The van der Waals surface area contributed by atoms with Crippen molar-refractivity contribution < 1.29 is 14.7 Å². The monoisotopic (exact) mass is 462 g/mol. The maximum Gasteiger partial charge on any atom is 0.325 e. The van der Waals surface area contributed by atoms with Gasteiger partial charge in [-0.1, -0.05) is 36.4 Å². The predicted octanol–water partition coefficient (Wildman–Crippen LogP) is 3.37. The lowest BCUT2D eigenvalue weighted by atomic mass is 9.91. The Morgan fingerprint density at radius 3 is 2.62 bits per heavy atom. The number of nitrogens with zero attached hydrogens (tertiary/aromatic N) is 3. The van der Waals surface area contributed by atoms with Crippen LogP contribution in [0, 0.1) is 11.8 Å². The van der Waals surface area contributed by atoms with Crippen LogP contribution in [-0.4, -0.2) is 64.5 Å². The van der Waals surface area contributed by atoms with Crippen LogP contribution in [0.15, 0.2) is 42.5 Å². The summed E-state index contributed by atoms with van der Waals surface area (Å²) in [5, 5.41) is 13.2. The zero-order valence-corrected chi connectivity index (χ0v) is 19.7. The Bertz CT molecular complexity index is 1020. The molecule has 3 aliphatic rings. The Labute approximate surface area is 201 Å². The molecule has 1 aromatic heterocycles. The van der Waals surface area contributed by atoms with Crippen molar-refractivity contribution in [2.75, 3.05) is 38.0 Å². The van der Waals surface area contributed by atoms with E-state index in [1.165, 1.54) is 12.0 Å². The molecule has 1 amide bonds. The molecular formula is C27H34N4O3. The molecule has 4 heterocycles. The van der Waals surface area contributed by atoms with E-state index in [0.29, 0.717) is 19.0 Å². The number of carboxylic acid groups (broad SMARTS) is 1. The Morgan fingerprint density at radius 1 is 1.06 bits per heavy atom. The van der Waals surface area contributed by atoms with Crippen LogP contribution in [0.1, 0.15) is 48.5 Å². The van der Waals surface area contributed by atoms with Gasteiger partial charge in [-0.15, -0.1) is 0 Å². The van der Waals surface area contributed by atoms with Gasteiger partial charge in [-0.2, -0.15) is 0 Å². The lowest BCUT2D eigenvalue weighted by Gasteiger charge is -2.34. The Kier molecular flexibility index (Phi) is 6.81. The van der Waals surface area contributed by atoms with Crippen molar-refractivity contribution in [2.24, 2.45) is 11.8 Å². The van der Waals surface area contributed by atoms with Gasteiger partial charge >= 0.3 is 5.97 Å². The minimum Gasteiger partial charge on any atom is -0.480 e. The first kappa shape index (κ1) is 22.8. The van der Waals surface area contributed by atoms with Gasteiger partial charge in [0.2, 0.25) is 5.91 Å². The molecule has 0 spiro atoms. The van der Waals surface area contributed by atoms with Gasteiger partial charge in [0.15, 0.2) is 0 Å². The summed E-state index contributed by atoms with van der Waals surface area (Å²) in [6, 6.07) is 13.0. The molecule has 0 unspecified atom stereocenters. The number of fused-ring (bicyclic) bond motifs is 1. The maximum atomic E-state index is 13.2. The molecule has 0 bridgehead atoms. The molecule has 0 saturated carbocycles. The van der Waals surface area contributed by atoms with Crippen molar-refractivity contribution in [3.63, 3.8) is 0 Å². The number of nitrogens with one attached hydrogen (secondary N) is 1. The lowest BCUT2D eigenvalue weighted by molar-refractivity contribution is -0.144. The van der Waals surface area contributed by atoms with Gasteiger partial charge in [-0.25, -0.2) is 4.98 Å². The number of anilines is 1. The minimum atomic E-state index is -0.855. The third-order valence-corrected chi connectivity index (χ3v) is 7.66. The second-order valence-electron chi connectivity index (χ2n) is 9.95. The number of hydrogen-bond acceptors (Lipinski definition) is 5. The molecule has 180 valence electrons. The normalized spacial score (nSPS) is 22.1. The molecule has 1 aromatic carbocycles. The highest BCUT2D eigenvalue weighted by atomic mass is 16.4. The van der Waals surface area contributed by atoms with Crippen molar-refractivity contribution >= 4 is 17.7 Å². The van der Waals surface area contributed by atoms with Crippen molar-refractivity contribution in [3.05, 3.63) is 59.3 Å². The number of carbonyl (C=O) groups excluding carboxylic acids is 1. The van der Waals surface area contributed by atoms with Crippen LogP contribution in [0.5, 0.6) is 0 Å². The highest BCUT2D eigenvalue weighted by molar-refractivity contribution is 5.80. The largest absolute Gasteiger partial charge is 0.480 e. The van der Waals surface area contributed by atoms with E-state index in [2.05, 4.69) is 17.4 Å². The van der Waals surface area contributed by atoms with Gasteiger partial charge in [0.1, 0.15) is 11.9 Å². The first-order valence-electron chi connectivity index (χ1n) is 12.6. The molecule has 34 heavy (non-hydrogen) atoms. The van der Waals surface area contributed by atoms with Gasteiger partial charge in [-0.3, -0.25) is 14.5 Å². The molecule has 3 aliphatic heterocycles. The van der Waals surface area contributed by atoms with Gasteiger partial charge in [0, 0.05) is 38.4 Å². The second kappa shape index (κ2) is 10.1. The summed E-state index contributed by atoms with van der Waals surface area (Å²) in [6.45, 7) is 3.71. The molecule has 2 saturated heterocycles. The van der Waals surface area contributed by atoms with Gasteiger partial charge < -0.3 is 15.3 Å². The molecule has 0 radical (unpaired) electrons. The number of rotatable bonds is 6. The fourth-order valence-electron chi connectivity index (χ4n) is 5.76. The second-order valence-corrected chi connectivity index (χ2v) is 9.95. The van der Waals surface area contributed by atoms with E-state index in [1.807, 2.05) is 40.1 Å². The van der Waals surface area contributed by atoms with Crippen molar-refractivity contribution in [3.8, 4) is 0 Å². The average Bonchev–Trinajstić information content (AvgIpc) is 3.34. The Balaban J connectivity index is 1.14. The van der Waals surface area contributed by atoms with E-state index in [1.54, 1.807) is 0 Å². The summed E-state index contributed by atoms with van der Waals surface area (Å²) in [6.07, 6.45) is 5.95. The fraction of sp³-hybridized carbons (Fsp3) is 0.519. The molecule has 2 fully saturated rings. The van der Waals surface area contributed by atoms with Crippen LogP contribution in [0.3, 0.4) is 0 Å². The van der Waals surface area contributed by atoms with Crippen LogP contribution in [0.2, 0.25) is 0 Å². The van der Waals surface area contributed by atoms with E-state index >= 15 is 0 Å². The number of piperidine rings is 1. The number of aryl methyl sites for hydroxylation is 1. The minimum absolute atomic E-state index is 0.115. The topological polar surface area (TPSA) is 85.8 Å². The number of hydrogen-bond donors (Lipinski definition) is 2. The number of aromatic nitrogens is 1. The molecule has 2 aromatic rings. The fourth-order valence-corrected chi connectivity index (χ4v) is 5.76. The molecule has 2 atom stereocenters. The quantitative estimate of drug-likeness (QED) is 0.685. The highest BCUT2D eigenvalue weighted by Gasteiger charge is 2.38. The smallest absolute Gasteiger partial charge is 0.325 e. The summed E-state index contributed by atoms with van der Waals surface area (Å²) >= 11 is 0. The van der Waals surface area contributed by atoms with Gasteiger partial charge in [-0.05, 0) is 61.6 Å². The van der Waals surface area contributed by atoms with Crippen LogP contribution >= 0.6 is 0 Å². The SMILES string of the molecule is O=C(O)[C@H](c1ccccc1)N1CC[C@H](C(=O)N2CCC(Cc3ccc4c(n3)NCCC4)CC2)C1. The number of carboxylic acids is 1. The summed E-state index contributed by atoms with van der Waals surface area (Å²) in [7, 11) is 0. The predicted molar refractivity (Wildman–Crippen MR) is 131 cm³/mol. The zero-order valence-electron chi connectivity index (χ0n) is 19.7. The van der Waals surface area contributed by atoms with E-state index < -0.39 is 12.0 Å². The highest BCUT2D eigenvalue weighted by Crippen LogP contribution is 2.31. The third kappa shape index (κ3) is 4.94. The number of benzene rings is 1. The van der Waals surface area contributed by atoms with E-state index in [4.69, 9.17) is 4.98 Å². The third-order valence-electron chi connectivity index (χ3n) is 7.66. The standard InChI is InChI=1S/C27H34N4O3/c32-26(22-12-16-31(18-22)24(27(33)34)20-5-2-1-3-6-20)30-14-10-19(11-15-30)17-23-9-8-21-7-4-13-28-25(21)29-23/h1-3,5-6,8-9,19,22,24H,4,7,10-18H2,(H,28,29)(H,33,34)/t22-,24-/m0/s1. The van der Waals surface area contributed by atoms with Gasteiger partial charge in [0.05, 0.1) is 5.92 Å². The first-order valence-corrected chi connectivity index (χ1v) is 12.6. The molecule has 2 N–H and O–H groups in total.